The van der Waals surface area contributed by atoms with Crippen molar-refractivity contribution in [3.05, 3.63) is 64.1 Å². The first-order valence-electron chi connectivity index (χ1n) is 10.9. The van der Waals surface area contributed by atoms with Gasteiger partial charge in [-0.3, -0.25) is 9.59 Å². The Bertz CT molecular complexity index is 835. The molecule has 2 amide bonds. The molecule has 0 spiro atoms. The number of unbranched alkanes of at least 4 members (excludes halogenated alkanes) is 1. The zero-order valence-electron chi connectivity index (χ0n) is 18.9. The molecule has 6 heteroatoms. The Kier molecular flexibility index (Phi) is 10.0. The predicted octanol–water partition coefficient (Wildman–Crippen LogP) is 5.28. The maximum atomic E-state index is 13.1. The number of halogens is 1. The summed E-state index contributed by atoms with van der Waals surface area (Å²) in [7, 11) is 0. The fraction of sp³-hybridized carbons (Fsp3) is 0.440. The van der Waals surface area contributed by atoms with E-state index in [4.69, 9.17) is 4.74 Å². The second-order valence-corrected chi connectivity index (χ2v) is 8.90. The van der Waals surface area contributed by atoms with Crippen LogP contribution in [-0.2, 0) is 16.1 Å². The highest BCUT2D eigenvalue weighted by molar-refractivity contribution is 9.10. The number of amides is 2. The maximum absolute atomic E-state index is 13.1. The molecule has 168 valence electrons. The summed E-state index contributed by atoms with van der Waals surface area (Å²) >= 11 is 3.43. The topological polar surface area (TPSA) is 58.6 Å². The molecule has 5 nitrogen and oxygen atoms in total. The third kappa shape index (κ3) is 8.02. The van der Waals surface area contributed by atoms with Gasteiger partial charge in [0.25, 0.3) is 5.91 Å². The summed E-state index contributed by atoms with van der Waals surface area (Å²) in [4.78, 5) is 27.3. The first-order valence-corrected chi connectivity index (χ1v) is 11.7. The number of hydrogen-bond donors (Lipinski definition) is 1. The number of rotatable bonds is 11. The van der Waals surface area contributed by atoms with Crippen LogP contribution in [0.5, 0.6) is 5.75 Å². The molecule has 2 rings (SSSR count). The zero-order valence-corrected chi connectivity index (χ0v) is 20.4. The molecule has 2 aromatic carbocycles. The lowest BCUT2D eigenvalue weighted by Crippen LogP contribution is -2.49. The predicted molar refractivity (Wildman–Crippen MR) is 128 cm³/mol. The van der Waals surface area contributed by atoms with Gasteiger partial charge in [-0.2, -0.15) is 0 Å². The van der Waals surface area contributed by atoms with Crippen molar-refractivity contribution >= 4 is 27.7 Å². The molecular weight excluding hydrogens is 456 g/mol. The second-order valence-electron chi connectivity index (χ2n) is 7.98. The molecule has 0 saturated carbocycles. The lowest BCUT2D eigenvalue weighted by atomic mass is 10.0. The highest BCUT2D eigenvalue weighted by Gasteiger charge is 2.26. The van der Waals surface area contributed by atoms with Crippen molar-refractivity contribution < 1.29 is 14.3 Å². The van der Waals surface area contributed by atoms with E-state index in [-0.39, 0.29) is 18.4 Å². The lowest BCUT2D eigenvalue weighted by Gasteiger charge is -2.28. The van der Waals surface area contributed by atoms with Crippen molar-refractivity contribution in [1.82, 2.24) is 10.2 Å². The first kappa shape index (κ1) is 24.9. The van der Waals surface area contributed by atoms with E-state index in [0.29, 0.717) is 24.8 Å². The third-order valence-electron chi connectivity index (χ3n) is 5.17. The molecule has 0 aliphatic rings. The zero-order chi connectivity index (χ0) is 22.8. The molecule has 0 aliphatic carbocycles. The van der Waals surface area contributed by atoms with Crippen molar-refractivity contribution in [3.8, 4) is 5.75 Å². The Hall–Kier alpha value is -2.34. The van der Waals surface area contributed by atoms with E-state index in [2.05, 4.69) is 42.0 Å². The van der Waals surface area contributed by atoms with Gasteiger partial charge in [0, 0.05) is 17.6 Å². The lowest BCUT2D eigenvalue weighted by molar-refractivity contribution is -0.142. The highest BCUT2D eigenvalue weighted by atomic mass is 79.9. The monoisotopic (exact) mass is 488 g/mol. The molecule has 31 heavy (non-hydrogen) atoms. The minimum Gasteiger partial charge on any atom is -0.484 e. The Morgan fingerprint density at radius 2 is 1.68 bits per heavy atom. The molecule has 1 N–H and O–H groups in total. The van der Waals surface area contributed by atoms with E-state index in [1.54, 1.807) is 11.8 Å². The molecule has 0 saturated heterocycles. The smallest absolute Gasteiger partial charge is 0.261 e. The minimum atomic E-state index is -0.597. The van der Waals surface area contributed by atoms with Crippen LogP contribution in [0.2, 0.25) is 0 Å². The van der Waals surface area contributed by atoms with Gasteiger partial charge in [-0.15, -0.1) is 0 Å². The molecule has 0 bridgehead atoms. The molecule has 0 radical (unpaired) electrons. The van der Waals surface area contributed by atoms with Crippen LogP contribution >= 0.6 is 15.9 Å². The number of benzene rings is 2. The van der Waals surface area contributed by atoms with E-state index in [1.807, 2.05) is 48.5 Å². The fourth-order valence-corrected chi connectivity index (χ4v) is 3.35. The van der Waals surface area contributed by atoms with Gasteiger partial charge < -0.3 is 15.0 Å². The first-order chi connectivity index (χ1) is 14.8. The number of ether oxygens (including phenoxy) is 1. The van der Waals surface area contributed by atoms with Crippen LogP contribution in [-0.4, -0.2) is 35.9 Å². The number of nitrogens with zero attached hydrogens (tertiary/aromatic N) is 1. The average Bonchev–Trinajstić information content (AvgIpc) is 2.77. The van der Waals surface area contributed by atoms with E-state index < -0.39 is 6.04 Å². The standard InChI is InChI=1S/C25H33BrN2O3/c1-5-6-15-27-25(30)19(4)28(16-20-7-11-22(26)12-8-20)24(29)17-31-23-13-9-21(10-14-23)18(2)3/h7-14,18-19H,5-6,15-17H2,1-4H3,(H,27,30). The summed E-state index contributed by atoms with van der Waals surface area (Å²) in [6.07, 6.45) is 1.91. The van der Waals surface area contributed by atoms with E-state index in [0.717, 1.165) is 22.9 Å². The number of nitrogens with one attached hydrogen (secondary N) is 1. The van der Waals surface area contributed by atoms with Crippen LogP contribution in [0.3, 0.4) is 0 Å². The van der Waals surface area contributed by atoms with Crippen LogP contribution < -0.4 is 10.1 Å². The quantitative estimate of drug-likeness (QED) is 0.437. The number of hydrogen-bond acceptors (Lipinski definition) is 3. The van der Waals surface area contributed by atoms with Gasteiger partial charge in [-0.05, 0) is 54.7 Å². The minimum absolute atomic E-state index is 0.121. The number of carbonyl (C=O) groups is 2. The van der Waals surface area contributed by atoms with Crippen molar-refractivity contribution in [2.75, 3.05) is 13.2 Å². The molecule has 1 unspecified atom stereocenters. The summed E-state index contributed by atoms with van der Waals surface area (Å²) in [5.74, 6) is 0.694. The van der Waals surface area contributed by atoms with Crippen molar-refractivity contribution in [1.29, 1.82) is 0 Å². The molecule has 0 aliphatic heterocycles. The molecule has 0 fully saturated rings. The Labute approximate surface area is 194 Å². The van der Waals surface area contributed by atoms with Gasteiger partial charge >= 0.3 is 0 Å². The van der Waals surface area contributed by atoms with E-state index >= 15 is 0 Å². The van der Waals surface area contributed by atoms with Gasteiger partial charge in [-0.1, -0.05) is 67.4 Å². The SMILES string of the molecule is CCCCNC(=O)C(C)N(Cc1ccc(Br)cc1)C(=O)COc1ccc(C(C)C)cc1. The molecule has 0 heterocycles. The largest absolute Gasteiger partial charge is 0.484 e. The Morgan fingerprint density at radius 1 is 1.03 bits per heavy atom. The average molecular weight is 489 g/mol. The summed E-state index contributed by atoms with van der Waals surface area (Å²) in [6, 6.07) is 14.9. The van der Waals surface area contributed by atoms with Gasteiger partial charge in [-0.25, -0.2) is 0 Å². The fourth-order valence-electron chi connectivity index (χ4n) is 3.08. The van der Waals surface area contributed by atoms with Crippen molar-refractivity contribution in [2.24, 2.45) is 0 Å². The van der Waals surface area contributed by atoms with Crippen LogP contribution in [0.25, 0.3) is 0 Å². The van der Waals surface area contributed by atoms with Crippen molar-refractivity contribution in [2.45, 2.75) is 59.0 Å². The third-order valence-corrected chi connectivity index (χ3v) is 5.70. The van der Waals surface area contributed by atoms with Crippen LogP contribution in [0.4, 0.5) is 0 Å². The second kappa shape index (κ2) is 12.5. The van der Waals surface area contributed by atoms with Crippen LogP contribution in [0, 0.1) is 0 Å². The normalized spacial score (nSPS) is 11.8. The summed E-state index contributed by atoms with van der Waals surface area (Å²) < 4.78 is 6.70. The summed E-state index contributed by atoms with van der Waals surface area (Å²) in [5, 5.41) is 2.92. The van der Waals surface area contributed by atoms with Gasteiger partial charge in [0.1, 0.15) is 11.8 Å². The summed E-state index contributed by atoms with van der Waals surface area (Å²) in [6.45, 7) is 8.92. The van der Waals surface area contributed by atoms with Crippen molar-refractivity contribution in [3.63, 3.8) is 0 Å². The molecule has 1 atom stereocenters. The molecular formula is C25H33BrN2O3. The molecule has 0 aromatic heterocycles. The van der Waals surface area contributed by atoms with Gasteiger partial charge in [0.15, 0.2) is 6.61 Å². The Morgan fingerprint density at radius 3 is 2.26 bits per heavy atom. The van der Waals surface area contributed by atoms with Gasteiger partial charge in [0.2, 0.25) is 5.91 Å². The van der Waals surface area contributed by atoms with E-state index in [1.165, 1.54) is 5.56 Å². The highest BCUT2D eigenvalue weighted by Crippen LogP contribution is 2.19. The maximum Gasteiger partial charge on any atom is 0.261 e. The number of carbonyl (C=O) groups excluding carboxylic acids is 2. The van der Waals surface area contributed by atoms with Gasteiger partial charge in [0.05, 0.1) is 0 Å². The Balaban J connectivity index is 2.08. The van der Waals surface area contributed by atoms with Crippen LogP contribution in [0.1, 0.15) is 57.6 Å². The molecule has 2 aromatic rings. The van der Waals surface area contributed by atoms with Crippen LogP contribution in [0.15, 0.2) is 53.0 Å². The summed E-state index contributed by atoms with van der Waals surface area (Å²) in [5.41, 5.74) is 2.17. The van der Waals surface area contributed by atoms with E-state index in [9.17, 15) is 9.59 Å².